The van der Waals surface area contributed by atoms with Crippen molar-refractivity contribution in [2.24, 2.45) is 5.73 Å². The van der Waals surface area contributed by atoms with Crippen molar-refractivity contribution in [3.8, 4) is 11.5 Å². The van der Waals surface area contributed by atoms with E-state index in [1.807, 2.05) is 18.2 Å². The minimum absolute atomic E-state index is 0.277. The predicted molar refractivity (Wildman–Crippen MR) is 56.2 cm³/mol. The Morgan fingerprint density at radius 2 is 2.36 bits per heavy atom. The van der Waals surface area contributed by atoms with Gasteiger partial charge in [-0.15, -0.1) is 0 Å². The van der Waals surface area contributed by atoms with E-state index >= 15 is 0 Å². The Morgan fingerprint density at radius 3 is 3.14 bits per heavy atom. The minimum Gasteiger partial charge on any atom is -0.454 e. The molecule has 0 aromatic heterocycles. The van der Waals surface area contributed by atoms with E-state index in [1.165, 1.54) is 0 Å². The number of benzene rings is 1. The van der Waals surface area contributed by atoms with Crippen molar-refractivity contribution in [1.82, 2.24) is 5.32 Å². The summed E-state index contributed by atoms with van der Waals surface area (Å²) < 4.78 is 10.5. The number of thiocarbonyl (C=S) groups is 1. The summed E-state index contributed by atoms with van der Waals surface area (Å²) in [6, 6.07) is 5.72. The van der Waals surface area contributed by atoms with E-state index in [9.17, 15) is 0 Å². The zero-order chi connectivity index (χ0) is 9.97. The maximum atomic E-state index is 5.33. The van der Waals surface area contributed by atoms with Crippen molar-refractivity contribution in [1.29, 1.82) is 0 Å². The summed E-state index contributed by atoms with van der Waals surface area (Å²) in [6.45, 7) is 0.835. The molecule has 3 N–H and O–H groups in total. The molecular weight excluding hydrogens is 200 g/mol. The predicted octanol–water partition coefficient (Wildman–Crippen LogP) is 0.749. The third-order valence-electron chi connectivity index (χ3n) is 1.93. The van der Waals surface area contributed by atoms with Crippen molar-refractivity contribution < 1.29 is 9.47 Å². The molecule has 1 aliphatic heterocycles. The van der Waals surface area contributed by atoms with Gasteiger partial charge < -0.3 is 20.5 Å². The second-order valence-electron chi connectivity index (χ2n) is 2.87. The largest absolute Gasteiger partial charge is 0.454 e. The number of nitrogens with one attached hydrogen (secondary N) is 1. The molecule has 0 radical (unpaired) electrons. The van der Waals surface area contributed by atoms with Crippen LogP contribution in [0.1, 0.15) is 5.56 Å². The maximum absolute atomic E-state index is 5.33. The first-order chi connectivity index (χ1) is 6.77. The molecule has 0 spiro atoms. The van der Waals surface area contributed by atoms with E-state index in [1.54, 1.807) is 0 Å². The van der Waals surface area contributed by atoms with Crippen LogP contribution in [-0.2, 0) is 6.54 Å². The number of para-hydroxylation sites is 1. The van der Waals surface area contributed by atoms with Gasteiger partial charge in [-0.25, -0.2) is 0 Å². The Balaban J connectivity index is 2.17. The minimum atomic E-state index is 0.277. The molecule has 74 valence electrons. The fraction of sp³-hybridized carbons (Fsp3) is 0.222. The van der Waals surface area contributed by atoms with Crippen LogP contribution in [0.5, 0.6) is 11.5 Å². The Kier molecular flexibility index (Phi) is 2.41. The first-order valence-electron chi connectivity index (χ1n) is 4.18. The molecule has 4 nitrogen and oxygen atoms in total. The molecule has 0 aliphatic carbocycles. The second-order valence-corrected chi connectivity index (χ2v) is 3.31. The van der Waals surface area contributed by atoms with Gasteiger partial charge in [0.15, 0.2) is 16.6 Å². The molecule has 1 aromatic carbocycles. The highest BCUT2D eigenvalue weighted by atomic mass is 32.1. The number of rotatable bonds is 2. The lowest BCUT2D eigenvalue weighted by molar-refractivity contribution is 0.173. The topological polar surface area (TPSA) is 56.5 Å². The summed E-state index contributed by atoms with van der Waals surface area (Å²) in [6.07, 6.45) is 0. The number of hydrogen-bond acceptors (Lipinski definition) is 3. The molecule has 0 saturated heterocycles. The van der Waals surface area contributed by atoms with Crippen molar-refractivity contribution in [3.63, 3.8) is 0 Å². The molecule has 0 bridgehead atoms. The smallest absolute Gasteiger partial charge is 0.231 e. The van der Waals surface area contributed by atoms with Crippen LogP contribution >= 0.6 is 12.2 Å². The van der Waals surface area contributed by atoms with Gasteiger partial charge in [-0.05, 0) is 18.3 Å². The summed E-state index contributed by atoms with van der Waals surface area (Å²) in [5.74, 6) is 1.54. The number of nitrogens with two attached hydrogens (primary N) is 1. The Labute approximate surface area is 87.0 Å². The lowest BCUT2D eigenvalue weighted by Crippen LogP contribution is -2.28. The van der Waals surface area contributed by atoms with E-state index in [-0.39, 0.29) is 11.9 Å². The molecule has 2 rings (SSSR count). The van der Waals surface area contributed by atoms with E-state index in [2.05, 4.69) is 5.32 Å². The van der Waals surface area contributed by atoms with Gasteiger partial charge in [0, 0.05) is 12.1 Å². The number of fused-ring (bicyclic) bond motifs is 1. The van der Waals surface area contributed by atoms with E-state index < -0.39 is 0 Å². The molecule has 0 atom stereocenters. The van der Waals surface area contributed by atoms with Crippen LogP contribution in [0.4, 0.5) is 0 Å². The van der Waals surface area contributed by atoms with Crippen molar-refractivity contribution in [2.75, 3.05) is 6.79 Å². The van der Waals surface area contributed by atoms with Gasteiger partial charge in [-0.2, -0.15) is 0 Å². The highest BCUT2D eigenvalue weighted by Gasteiger charge is 2.16. The molecule has 14 heavy (non-hydrogen) atoms. The molecule has 5 heteroatoms. The summed E-state index contributed by atoms with van der Waals surface area (Å²) >= 11 is 4.72. The van der Waals surface area contributed by atoms with Crippen molar-refractivity contribution >= 4 is 17.3 Å². The van der Waals surface area contributed by atoms with Crippen LogP contribution in [0, 0.1) is 0 Å². The standard InChI is InChI=1S/C9H10N2O2S/c10-9(14)11-4-6-2-1-3-7-8(6)13-5-12-7/h1-3H,4-5H2,(H3,10,11,14). The molecule has 0 saturated carbocycles. The van der Waals surface area contributed by atoms with Crippen molar-refractivity contribution in [2.45, 2.75) is 6.54 Å². The van der Waals surface area contributed by atoms with Gasteiger partial charge in [0.25, 0.3) is 0 Å². The van der Waals surface area contributed by atoms with Crippen molar-refractivity contribution in [3.05, 3.63) is 23.8 Å². The lowest BCUT2D eigenvalue weighted by atomic mass is 10.2. The third-order valence-corrected chi connectivity index (χ3v) is 2.08. The molecular formula is C9H10N2O2S. The fourth-order valence-corrected chi connectivity index (χ4v) is 1.38. The quantitative estimate of drug-likeness (QED) is 0.705. The van der Waals surface area contributed by atoms with Gasteiger partial charge in [0.1, 0.15) is 0 Å². The third kappa shape index (κ3) is 1.72. The fourth-order valence-electron chi connectivity index (χ4n) is 1.31. The molecule has 0 amide bonds. The first kappa shape index (κ1) is 9.08. The highest BCUT2D eigenvalue weighted by molar-refractivity contribution is 7.80. The van der Waals surface area contributed by atoms with Crippen LogP contribution in [0.2, 0.25) is 0 Å². The monoisotopic (exact) mass is 210 g/mol. The Hall–Kier alpha value is -1.49. The average Bonchev–Trinajstić information content (AvgIpc) is 2.62. The average molecular weight is 210 g/mol. The highest BCUT2D eigenvalue weighted by Crippen LogP contribution is 2.34. The summed E-state index contributed by atoms with van der Waals surface area (Å²) in [7, 11) is 0. The lowest BCUT2D eigenvalue weighted by Gasteiger charge is -2.06. The molecule has 0 unspecified atom stereocenters. The molecule has 0 fully saturated rings. The molecule has 1 aliphatic rings. The normalized spacial score (nSPS) is 12.6. The van der Waals surface area contributed by atoms with Gasteiger partial charge >= 0.3 is 0 Å². The van der Waals surface area contributed by atoms with Crippen LogP contribution in [0.25, 0.3) is 0 Å². The van der Waals surface area contributed by atoms with Gasteiger partial charge in [-0.1, -0.05) is 12.1 Å². The molecule has 1 aromatic rings. The zero-order valence-electron chi connectivity index (χ0n) is 7.45. The van der Waals surface area contributed by atoms with E-state index in [0.717, 1.165) is 17.1 Å². The number of hydrogen-bond donors (Lipinski definition) is 2. The van der Waals surface area contributed by atoms with E-state index in [4.69, 9.17) is 27.4 Å². The Morgan fingerprint density at radius 1 is 1.50 bits per heavy atom. The van der Waals surface area contributed by atoms with E-state index in [0.29, 0.717) is 6.54 Å². The first-order valence-corrected chi connectivity index (χ1v) is 4.59. The SMILES string of the molecule is NC(=S)NCc1cccc2c1OCO2. The second kappa shape index (κ2) is 3.71. The Bertz CT molecular complexity index is 368. The molecule has 1 heterocycles. The van der Waals surface area contributed by atoms with Gasteiger partial charge in [0.05, 0.1) is 0 Å². The summed E-state index contributed by atoms with van der Waals surface area (Å²) in [5.41, 5.74) is 6.33. The zero-order valence-corrected chi connectivity index (χ0v) is 8.26. The summed E-state index contributed by atoms with van der Waals surface area (Å²) in [4.78, 5) is 0. The van der Waals surface area contributed by atoms with Crippen LogP contribution in [0.15, 0.2) is 18.2 Å². The van der Waals surface area contributed by atoms with Crippen LogP contribution in [0.3, 0.4) is 0 Å². The number of ether oxygens (including phenoxy) is 2. The van der Waals surface area contributed by atoms with Gasteiger partial charge in [-0.3, -0.25) is 0 Å². The summed E-state index contributed by atoms with van der Waals surface area (Å²) in [5, 5.41) is 3.14. The van der Waals surface area contributed by atoms with Crippen LogP contribution < -0.4 is 20.5 Å². The van der Waals surface area contributed by atoms with Gasteiger partial charge in [0.2, 0.25) is 6.79 Å². The van der Waals surface area contributed by atoms with Crippen LogP contribution in [-0.4, -0.2) is 11.9 Å². The maximum Gasteiger partial charge on any atom is 0.231 e.